The Labute approximate surface area is 124 Å². The average molecular weight is 296 g/mol. The van der Waals surface area contributed by atoms with E-state index in [-0.39, 0.29) is 10.8 Å². The summed E-state index contributed by atoms with van der Waals surface area (Å²) < 4.78 is 13.3. The molecule has 1 fully saturated rings. The Hall–Kier alpha value is -1.04. The fraction of sp³-hybridized carbons (Fsp3) is 0.533. The second kappa shape index (κ2) is 6.16. The van der Waals surface area contributed by atoms with E-state index in [1.54, 1.807) is 6.07 Å². The number of thiocarbonyl (C=S) groups is 1. The Morgan fingerprint density at radius 3 is 2.70 bits per heavy atom. The lowest BCUT2D eigenvalue weighted by Crippen LogP contribution is -2.39. The Balaban J connectivity index is 2.07. The van der Waals surface area contributed by atoms with Crippen molar-refractivity contribution in [1.29, 1.82) is 0 Å². The molecule has 110 valence electrons. The van der Waals surface area contributed by atoms with Crippen LogP contribution in [0.2, 0.25) is 0 Å². The van der Waals surface area contributed by atoms with Crippen LogP contribution in [0.25, 0.3) is 0 Å². The molecule has 0 radical (unpaired) electrons. The van der Waals surface area contributed by atoms with Crippen molar-refractivity contribution in [3.05, 3.63) is 35.1 Å². The molecule has 5 heteroatoms. The summed E-state index contributed by atoms with van der Waals surface area (Å²) in [5.74, 6) is -0.339. The normalized spacial score (nSPS) is 17.6. The van der Waals surface area contributed by atoms with E-state index in [0.29, 0.717) is 18.7 Å². The van der Waals surface area contributed by atoms with Gasteiger partial charge in [-0.2, -0.15) is 0 Å². The molecule has 0 amide bonds. The minimum Gasteiger partial charge on any atom is -0.389 e. The highest BCUT2D eigenvalue weighted by molar-refractivity contribution is 7.80. The molecule has 20 heavy (non-hydrogen) atoms. The standard InChI is InChI=1S/C15H21FN2OS/c1-18(10-15(19)6-2-3-7-15)9-11-4-5-12(16)8-13(11)14(17)20/h4-5,8,19H,2-3,6-7,9-10H2,1H3,(H2,17,20). The molecule has 0 bridgehead atoms. The van der Waals surface area contributed by atoms with Crippen LogP contribution in [0.4, 0.5) is 4.39 Å². The molecule has 1 aromatic carbocycles. The highest BCUT2D eigenvalue weighted by Crippen LogP contribution is 2.30. The van der Waals surface area contributed by atoms with Gasteiger partial charge >= 0.3 is 0 Å². The minimum atomic E-state index is -0.585. The summed E-state index contributed by atoms with van der Waals surface area (Å²) in [4.78, 5) is 2.24. The number of rotatable bonds is 5. The average Bonchev–Trinajstić information content (AvgIpc) is 2.77. The molecule has 3 nitrogen and oxygen atoms in total. The first-order valence-corrected chi connectivity index (χ1v) is 7.30. The van der Waals surface area contributed by atoms with Gasteiger partial charge in [-0.05, 0) is 37.6 Å². The largest absolute Gasteiger partial charge is 0.389 e. The molecular formula is C15H21FN2OS. The van der Waals surface area contributed by atoms with Crippen molar-refractivity contribution < 1.29 is 9.50 Å². The molecule has 3 N–H and O–H groups in total. The monoisotopic (exact) mass is 296 g/mol. The first kappa shape index (κ1) is 15.4. The van der Waals surface area contributed by atoms with Crippen LogP contribution in [-0.2, 0) is 6.54 Å². The van der Waals surface area contributed by atoms with Gasteiger partial charge < -0.3 is 10.8 Å². The number of halogens is 1. The Kier molecular flexibility index (Phi) is 4.73. The van der Waals surface area contributed by atoms with Crippen molar-refractivity contribution in [1.82, 2.24) is 4.90 Å². The molecule has 1 aliphatic rings. The summed E-state index contributed by atoms with van der Waals surface area (Å²) in [5, 5.41) is 10.4. The van der Waals surface area contributed by atoms with E-state index in [2.05, 4.69) is 0 Å². The molecule has 0 aliphatic heterocycles. The molecule has 2 rings (SSSR count). The van der Waals surface area contributed by atoms with Crippen molar-refractivity contribution in [3.8, 4) is 0 Å². The Morgan fingerprint density at radius 2 is 2.10 bits per heavy atom. The second-order valence-electron chi connectivity index (χ2n) is 5.77. The van der Waals surface area contributed by atoms with Gasteiger partial charge in [0.15, 0.2) is 0 Å². The van der Waals surface area contributed by atoms with Gasteiger partial charge in [0, 0.05) is 18.7 Å². The zero-order valence-corrected chi connectivity index (χ0v) is 12.5. The summed E-state index contributed by atoms with van der Waals surface area (Å²) in [6, 6.07) is 4.49. The van der Waals surface area contributed by atoms with Gasteiger partial charge in [-0.1, -0.05) is 31.1 Å². The van der Waals surface area contributed by atoms with Crippen LogP contribution in [0, 0.1) is 5.82 Å². The van der Waals surface area contributed by atoms with E-state index in [1.807, 2.05) is 11.9 Å². The third kappa shape index (κ3) is 3.75. The lowest BCUT2D eigenvalue weighted by molar-refractivity contribution is 0.0145. The van der Waals surface area contributed by atoms with E-state index in [0.717, 1.165) is 31.2 Å². The van der Waals surface area contributed by atoms with Gasteiger partial charge in [0.1, 0.15) is 10.8 Å². The van der Waals surface area contributed by atoms with Crippen molar-refractivity contribution >= 4 is 17.2 Å². The van der Waals surface area contributed by atoms with Crippen molar-refractivity contribution in [2.24, 2.45) is 5.73 Å². The molecule has 0 saturated heterocycles. The van der Waals surface area contributed by atoms with Crippen LogP contribution in [0.15, 0.2) is 18.2 Å². The molecule has 1 aliphatic carbocycles. The molecule has 0 aromatic heterocycles. The van der Waals surface area contributed by atoms with Gasteiger partial charge in [0.05, 0.1) is 5.60 Å². The van der Waals surface area contributed by atoms with Crippen LogP contribution in [-0.4, -0.2) is 34.2 Å². The van der Waals surface area contributed by atoms with Gasteiger partial charge in [-0.15, -0.1) is 0 Å². The Morgan fingerprint density at radius 1 is 1.45 bits per heavy atom. The number of likely N-dealkylation sites (N-methyl/N-ethyl adjacent to an activating group) is 1. The second-order valence-corrected chi connectivity index (χ2v) is 6.21. The predicted molar refractivity (Wildman–Crippen MR) is 82.0 cm³/mol. The SMILES string of the molecule is CN(Cc1ccc(F)cc1C(N)=S)CC1(O)CCCC1. The number of hydrogen-bond acceptors (Lipinski definition) is 3. The number of benzene rings is 1. The van der Waals surface area contributed by atoms with E-state index in [9.17, 15) is 9.50 Å². The first-order chi connectivity index (χ1) is 9.39. The summed E-state index contributed by atoms with van der Waals surface area (Å²) in [6.45, 7) is 1.20. The van der Waals surface area contributed by atoms with Crippen LogP contribution in [0.3, 0.4) is 0 Å². The van der Waals surface area contributed by atoms with Crippen molar-refractivity contribution in [2.75, 3.05) is 13.6 Å². The van der Waals surface area contributed by atoms with Crippen LogP contribution in [0.1, 0.15) is 36.8 Å². The topological polar surface area (TPSA) is 49.5 Å². The number of hydrogen-bond donors (Lipinski definition) is 2. The Bertz CT molecular complexity index is 501. The maximum absolute atomic E-state index is 13.3. The van der Waals surface area contributed by atoms with Crippen LogP contribution in [0.5, 0.6) is 0 Å². The molecular weight excluding hydrogens is 275 g/mol. The van der Waals surface area contributed by atoms with E-state index in [4.69, 9.17) is 18.0 Å². The van der Waals surface area contributed by atoms with Crippen molar-refractivity contribution in [3.63, 3.8) is 0 Å². The van der Waals surface area contributed by atoms with Crippen molar-refractivity contribution in [2.45, 2.75) is 37.8 Å². The molecule has 0 heterocycles. The fourth-order valence-corrected chi connectivity index (χ4v) is 3.15. The molecule has 1 aromatic rings. The molecule has 0 unspecified atom stereocenters. The number of aliphatic hydroxyl groups is 1. The molecule has 0 spiro atoms. The smallest absolute Gasteiger partial charge is 0.123 e. The quantitative estimate of drug-likeness (QED) is 0.818. The number of nitrogens with zero attached hydrogens (tertiary/aromatic N) is 1. The van der Waals surface area contributed by atoms with E-state index >= 15 is 0 Å². The van der Waals surface area contributed by atoms with E-state index in [1.165, 1.54) is 12.1 Å². The third-order valence-electron chi connectivity index (χ3n) is 3.88. The molecule has 0 atom stereocenters. The maximum atomic E-state index is 13.3. The summed E-state index contributed by atoms with van der Waals surface area (Å²) in [6.07, 6.45) is 3.86. The minimum absolute atomic E-state index is 0.201. The van der Waals surface area contributed by atoms with Crippen LogP contribution >= 0.6 is 12.2 Å². The number of nitrogens with two attached hydrogens (primary N) is 1. The van der Waals surface area contributed by atoms with Gasteiger partial charge in [-0.25, -0.2) is 4.39 Å². The summed E-state index contributed by atoms with van der Waals surface area (Å²) >= 11 is 4.97. The zero-order valence-electron chi connectivity index (χ0n) is 11.7. The third-order valence-corrected chi connectivity index (χ3v) is 4.10. The predicted octanol–water partition coefficient (Wildman–Crippen LogP) is 2.20. The highest BCUT2D eigenvalue weighted by Gasteiger charge is 2.32. The van der Waals surface area contributed by atoms with Gasteiger partial charge in [0.25, 0.3) is 0 Å². The fourth-order valence-electron chi connectivity index (χ4n) is 2.96. The summed E-state index contributed by atoms with van der Waals surface area (Å²) in [7, 11) is 1.95. The lowest BCUT2D eigenvalue weighted by Gasteiger charge is -2.29. The lowest BCUT2D eigenvalue weighted by atomic mass is 10.0. The summed E-state index contributed by atoms with van der Waals surface area (Å²) in [5.41, 5.74) is 6.53. The van der Waals surface area contributed by atoms with E-state index < -0.39 is 5.60 Å². The maximum Gasteiger partial charge on any atom is 0.123 e. The van der Waals surface area contributed by atoms with Gasteiger partial charge in [0.2, 0.25) is 0 Å². The first-order valence-electron chi connectivity index (χ1n) is 6.89. The molecule has 1 saturated carbocycles. The zero-order chi connectivity index (χ0) is 14.8. The van der Waals surface area contributed by atoms with Gasteiger partial charge in [-0.3, -0.25) is 4.90 Å². The highest BCUT2D eigenvalue weighted by atomic mass is 32.1. The van der Waals surface area contributed by atoms with Crippen LogP contribution < -0.4 is 5.73 Å².